The fourth-order valence-electron chi connectivity index (χ4n) is 6.70. The van der Waals surface area contributed by atoms with Crippen LogP contribution in [0.5, 0.6) is 0 Å². The van der Waals surface area contributed by atoms with Crippen molar-refractivity contribution in [1.29, 1.82) is 0 Å². The summed E-state index contributed by atoms with van der Waals surface area (Å²) in [5, 5.41) is 29.8. The van der Waals surface area contributed by atoms with E-state index in [9.17, 15) is 67.1 Å². The van der Waals surface area contributed by atoms with Gasteiger partial charge >= 0.3 is 0 Å². The Hall–Kier alpha value is -6.03. The van der Waals surface area contributed by atoms with Gasteiger partial charge in [0.25, 0.3) is 0 Å². The molecule has 0 spiro atoms. The quantitative estimate of drug-likeness (QED) is 0.0127. The molecule has 0 heterocycles. The molecule has 83 heavy (non-hydrogen) atoms. The molecule has 0 aliphatic heterocycles. The van der Waals surface area contributed by atoms with E-state index in [-0.39, 0.29) is 265 Å². The van der Waals surface area contributed by atoms with Crippen molar-refractivity contribution in [3.8, 4) is 0 Å². The third kappa shape index (κ3) is 51.4. The van der Waals surface area contributed by atoms with Gasteiger partial charge in [-0.2, -0.15) is 0 Å². The third-order valence-electron chi connectivity index (χ3n) is 10.9. The fourth-order valence-corrected chi connectivity index (χ4v) is 8.45. The second-order valence-electron chi connectivity index (χ2n) is 18.0. The molecule has 0 rings (SSSR count). The fraction of sp³-hybridized carbons (Fsp3) is 0.714. The van der Waals surface area contributed by atoms with Crippen LogP contribution in [0.1, 0.15) is 72.6 Å². The van der Waals surface area contributed by atoms with Gasteiger partial charge in [-0.15, -0.1) is 0 Å². The second-order valence-corrected chi connectivity index (χ2v) is 22.6. The van der Waals surface area contributed by atoms with E-state index in [4.69, 9.17) is 5.53 Å². The van der Waals surface area contributed by atoms with Crippen LogP contribution in [0.4, 0.5) is 0 Å². The van der Waals surface area contributed by atoms with Gasteiger partial charge in [0.2, 0.25) is 59.1 Å². The molecule has 0 saturated heterocycles. The molecule has 0 radical (unpaired) electrons. The van der Waals surface area contributed by atoms with Crippen LogP contribution < -0.4 is 53.2 Å². The Kier molecular flexibility index (Phi) is 46.8. The lowest BCUT2D eigenvalue weighted by Gasteiger charge is -2.24. The molecule has 0 unspecified atom stereocenters. The van der Waals surface area contributed by atoms with E-state index < -0.39 is 0 Å². The average Bonchev–Trinajstić information content (AvgIpc) is 3.43. The molecule has 34 heteroatoms. The highest BCUT2D eigenvalue weighted by Gasteiger charge is 2.17. The van der Waals surface area contributed by atoms with E-state index in [0.29, 0.717) is 13.0 Å². The summed E-state index contributed by atoms with van der Waals surface area (Å²) >= 11 is 3.48. The first-order chi connectivity index (χ1) is 39.6. The number of carbonyl (C=O) groups is 14. The van der Waals surface area contributed by atoms with E-state index in [1.54, 1.807) is 0 Å². The molecular weight excluding hydrogens is 1160 g/mol. The van der Waals surface area contributed by atoms with Crippen LogP contribution in [0.15, 0.2) is 5.11 Å². The molecule has 0 aromatic rings. The summed E-state index contributed by atoms with van der Waals surface area (Å²) in [4.78, 5) is 177. The van der Waals surface area contributed by atoms with Gasteiger partial charge in [-0.25, -0.2) is 0 Å². The van der Waals surface area contributed by atoms with Gasteiger partial charge in [0.05, 0.1) is 23.0 Å². The largest absolute Gasteiger partial charge is 0.355 e. The molecule has 0 saturated carbocycles. The predicted octanol–water partition coefficient (Wildman–Crippen LogP) is -2.79. The summed E-state index contributed by atoms with van der Waals surface area (Å²) in [5.74, 6) is -3.41. The molecule has 0 atom stereocenters. The Morgan fingerprint density at radius 2 is 0.518 bits per heavy atom. The Morgan fingerprint density at radius 3 is 0.735 bits per heavy atom. The van der Waals surface area contributed by atoms with Gasteiger partial charge in [0, 0.05) is 195 Å². The second kappa shape index (κ2) is 50.5. The number of hydrogen-bond donors (Lipinski definition) is 10. The topological polar surface area (TPSA) is 418 Å². The lowest BCUT2D eigenvalue weighted by atomic mass is 10.2. The maximum atomic E-state index is 13.1. The van der Waals surface area contributed by atoms with Crippen molar-refractivity contribution in [3.63, 3.8) is 0 Å². The van der Waals surface area contributed by atoms with E-state index in [1.807, 2.05) is 14.7 Å². The van der Waals surface area contributed by atoms with Crippen molar-refractivity contribution in [1.82, 2.24) is 67.9 Å². The summed E-state index contributed by atoms with van der Waals surface area (Å²) in [6.45, 7) is 9.43. The minimum atomic E-state index is -0.348. The van der Waals surface area contributed by atoms with Crippen LogP contribution in [0.3, 0.4) is 0 Å². The van der Waals surface area contributed by atoms with E-state index in [2.05, 4.69) is 63.2 Å². The zero-order chi connectivity index (χ0) is 62.0. The summed E-state index contributed by atoms with van der Waals surface area (Å²) in [6, 6.07) is 0. The monoisotopic (exact) mass is 1250 g/mol. The van der Waals surface area contributed by atoms with E-state index in [0.717, 1.165) is 47.0 Å². The number of azide groups is 1. The van der Waals surface area contributed by atoms with Gasteiger partial charge in [0.1, 0.15) is 0 Å². The molecule has 30 nitrogen and oxygen atoms in total. The lowest BCUT2D eigenvalue weighted by molar-refractivity contribution is -0.123. The Balaban J connectivity index is 5.45. The zero-order valence-corrected chi connectivity index (χ0v) is 51.2. The van der Waals surface area contributed by atoms with Gasteiger partial charge in [0.15, 0.2) is 20.5 Å². The predicted molar refractivity (Wildman–Crippen MR) is 318 cm³/mol. The number of nitrogens with zero attached hydrogens (tertiary/aromatic N) is 6. The van der Waals surface area contributed by atoms with Crippen molar-refractivity contribution in [2.24, 2.45) is 5.11 Å². The highest BCUT2D eigenvalue weighted by Crippen LogP contribution is 2.04. The Morgan fingerprint density at radius 1 is 0.313 bits per heavy atom. The average molecular weight is 1250 g/mol. The lowest BCUT2D eigenvalue weighted by Crippen LogP contribution is -2.41. The first-order valence-electron chi connectivity index (χ1n) is 27.0. The smallest absolute Gasteiger partial charge is 0.230 e. The molecule has 0 aliphatic carbocycles. The molecule has 0 bridgehead atoms. The zero-order valence-electron chi connectivity index (χ0n) is 48.0. The summed E-state index contributed by atoms with van der Waals surface area (Å²) in [7, 11) is 0. The van der Waals surface area contributed by atoms with Crippen molar-refractivity contribution in [2.45, 2.75) is 72.6 Å². The number of thioether (sulfide) groups is 4. The van der Waals surface area contributed by atoms with Crippen LogP contribution in [0, 0.1) is 0 Å². The van der Waals surface area contributed by atoms with E-state index in [1.165, 1.54) is 27.7 Å². The highest BCUT2D eigenvalue weighted by molar-refractivity contribution is 8.14. The van der Waals surface area contributed by atoms with Crippen LogP contribution in [0.2, 0.25) is 0 Å². The first-order valence-corrected chi connectivity index (χ1v) is 30.9. The van der Waals surface area contributed by atoms with Crippen LogP contribution in [0.25, 0.3) is 10.4 Å². The number of amides is 10. The van der Waals surface area contributed by atoms with Crippen molar-refractivity contribution in [3.05, 3.63) is 10.4 Å². The maximum Gasteiger partial charge on any atom is 0.230 e. The molecule has 10 N–H and O–H groups in total. The molecule has 0 aromatic carbocycles. The summed E-state index contributed by atoms with van der Waals surface area (Å²) < 4.78 is 0. The maximum absolute atomic E-state index is 13.1. The molecule has 468 valence electrons. The van der Waals surface area contributed by atoms with Gasteiger partial charge < -0.3 is 67.9 Å². The van der Waals surface area contributed by atoms with Crippen LogP contribution >= 0.6 is 47.0 Å². The van der Waals surface area contributed by atoms with Crippen LogP contribution in [-0.4, -0.2) is 248 Å². The molecule has 0 aromatic heterocycles. The number of carbonyl (C=O) groups excluding carboxylic acids is 14. The third-order valence-corrected chi connectivity index (χ3v) is 14.2. The minimum Gasteiger partial charge on any atom is -0.355 e. The molecule has 10 amide bonds. The molecular formula is C49H84N16O14S4. The van der Waals surface area contributed by atoms with Crippen molar-refractivity contribution in [2.75, 3.05) is 154 Å². The normalized spacial score (nSPS) is 10.7. The summed E-state index contributed by atoms with van der Waals surface area (Å²) in [5.41, 5.74) is 8.79. The van der Waals surface area contributed by atoms with Crippen LogP contribution in [-0.2, 0) is 67.1 Å². The van der Waals surface area contributed by atoms with Crippen molar-refractivity contribution >= 4 is 127 Å². The molecule has 0 fully saturated rings. The standard InChI is InChI=1S/C49H84N16O14S4/c1-36(66)80-32-46(76)55-17-13-51-40(70)8-26-64(27-9-41(71)52-14-18-56-47(77)33-81-37(2)67)30-21-59-44(74)6-24-63(23-5-12-61-62-50)25-7-45(75)60-22-31-65(28-10-42(72)53-15-19-57-48(78)34-82-38(3)68)29-11-43(73)54-16-20-58-49(79)35-83-39(4)69/h5-35H2,1-4H3,(H,51,70)(H,52,71)(H,53,72)(H,54,73)(H,55,76)(H,56,77)(H,57,78)(H,58,79)(H,59,74)(H,60,75). The van der Waals surface area contributed by atoms with Crippen molar-refractivity contribution < 1.29 is 67.1 Å². The first kappa shape index (κ1) is 77.0. The van der Waals surface area contributed by atoms with Gasteiger partial charge in [-0.1, -0.05) is 52.2 Å². The van der Waals surface area contributed by atoms with Gasteiger partial charge in [-0.3, -0.25) is 67.1 Å². The minimum absolute atomic E-state index is 0.0335. The Labute approximate surface area is 501 Å². The summed E-state index contributed by atoms with van der Waals surface area (Å²) in [6.07, 6.45) is 0.681. The number of nitrogens with one attached hydrogen (secondary N) is 10. The molecule has 0 aliphatic rings. The Bertz CT molecular complexity index is 1920. The number of rotatable bonds is 48. The van der Waals surface area contributed by atoms with E-state index >= 15 is 0 Å². The SMILES string of the molecule is CC(=O)SCC(=O)NCCNC(=O)CCN(CCNC(=O)CCN(CCCN=[N+]=[N-])CCC(=O)NCCN(CCC(=O)NCCNC(=O)CSC(C)=O)CCC(=O)NCCNC(=O)CSC(C)=O)CCC(=O)NCCNC(=O)CSC(C)=O. The highest BCUT2D eigenvalue weighted by atomic mass is 32.2. The number of hydrogen-bond acceptors (Lipinski definition) is 22. The van der Waals surface area contributed by atoms with Gasteiger partial charge in [-0.05, 0) is 18.5 Å².